The smallest absolute Gasteiger partial charge is 0.233 e. The van der Waals surface area contributed by atoms with Crippen LogP contribution in [0.3, 0.4) is 0 Å². The Morgan fingerprint density at radius 2 is 1.63 bits per heavy atom. The van der Waals surface area contributed by atoms with Gasteiger partial charge in [-0.15, -0.1) is 0 Å². The Morgan fingerprint density at radius 1 is 1.05 bits per heavy atom. The molecule has 0 bridgehead atoms. The monoisotopic (exact) mass is 263 g/mol. The number of carbonyl (C=O) groups is 2. The highest BCUT2D eigenvalue weighted by atomic mass is 16.3. The van der Waals surface area contributed by atoms with Gasteiger partial charge in [-0.3, -0.25) is 14.5 Å². The minimum absolute atomic E-state index is 0.0166. The van der Waals surface area contributed by atoms with Crippen LogP contribution in [-0.4, -0.2) is 34.5 Å². The molecule has 19 heavy (non-hydrogen) atoms. The quantitative estimate of drug-likeness (QED) is 0.606. The van der Waals surface area contributed by atoms with Crippen molar-refractivity contribution in [3.8, 4) is 0 Å². The molecule has 1 saturated carbocycles. The Morgan fingerprint density at radius 3 is 2.21 bits per heavy atom. The van der Waals surface area contributed by atoms with Gasteiger partial charge in [0.25, 0.3) is 0 Å². The highest BCUT2D eigenvalue weighted by molar-refractivity contribution is 6.05. The van der Waals surface area contributed by atoms with E-state index >= 15 is 0 Å². The third kappa shape index (κ3) is 2.22. The van der Waals surface area contributed by atoms with E-state index in [1.54, 1.807) is 0 Å². The fourth-order valence-corrected chi connectivity index (χ4v) is 3.68. The van der Waals surface area contributed by atoms with E-state index in [9.17, 15) is 14.7 Å². The molecule has 4 nitrogen and oxygen atoms in total. The summed E-state index contributed by atoms with van der Waals surface area (Å²) in [4.78, 5) is 26.1. The Kier molecular flexibility index (Phi) is 3.44. The maximum atomic E-state index is 12.3. The van der Waals surface area contributed by atoms with Gasteiger partial charge in [-0.2, -0.15) is 0 Å². The SMILES string of the molecule is O=C1C2CC=CCC2C(=O)N1CC1CCCCC1O. The summed E-state index contributed by atoms with van der Waals surface area (Å²) in [5, 5.41) is 10.00. The molecule has 4 heteroatoms. The molecule has 1 saturated heterocycles. The minimum atomic E-state index is -0.352. The van der Waals surface area contributed by atoms with Crippen LogP contribution in [0.1, 0.15) is 38.5 Å². The molecule has 1 heterocycles. The molecule has 4 unspecified atom stereocenters. The molecule has 2 fully saturated rings. The second kappa shape index (κ2) is 5.08. The molecule has 0 aromatic rings. The molecule has 3 aliphatic rings. The first kappa shape index (κ1) is 12.9. The summed E-state index contributed by atoms with van der Waals surface area (Å²) in [6.07, 6.45) is 8.91. The number of rotatable bonds is 2. The van der Waals surface area contributed by atoms with Crippen molar-refractivity contribution in [1.29, 1.82) is 0 Å². The number of amides is 2. The molecule has 3 rings (SSSR count). The van der Waals surface area contributed by atoms with Crippen LogP contribution in [0.15, 0.2) is 12.2 Å². The van der Waals surface area contributed by atoms with Gasteiger partial charge in [0.15, 0.2) is 0 Å². The van der Waals surface area contributed by atoms with Gasteiger partial charge in [0.2, 0.25) is 11.8 Å². The second-order valence-corrected chi connectivity index (χ2v) is 6.05. The standard InChI is InChI=1S/C15H21NO3/c17-13-8-4-1-5-10(13)9-16-14(18)11-6-2-3-7-12(11)15(16)19/h2-3,10-13,17H,1,4-9H2. The summed E-state index contributed by atoms with van der Waals surface area (Å²) in [6.45, 7) is 0.422. The Balaban J connectivity index is 1.71. The van der Waals surface area contributed by atoms with Gasteiger partial charge < -0.3 is 5.11 Å². The summed E-state index contributed by atoms with van der Waals surface area (Å²) in [7, 11) is 0. The maximum absolute atomic E-state index is 12.3. The van der Waals surface area contributed by atoms with Crippen molar-refractivity contribution >= 4 is 11.8 Å². The lowest BCUT2D eigenvalue weighted by Crippen LogP contribution is -2.40. The van der Waals surface area contributed by atoms with E-state index in [4.69, 9.17) is 0 Å². The zero-order valence-corrected chi connectivity index (χ0v) is 11.1. The predicted molar refractivity (Wildman–Crippen MR) is 70.0 cm³/mol. The summed E-state index contributed by atoms with van der Waals surface area (Å²) < 4.78 is 0. The lowest BCUT2D eigenvalue weighted by atomic mass is 9.85. The lowest BCUT2D eigenvalue weighted by molar-refractivity contribution is -0.141. The molecule has 4 atom stereocenters. The molecule has 2 amide bonds. The van der Waals surface area contributed by atoms with Crippen LogP contribution in [0.25, 0.3) is 0 Å². The highest BCUT2D eigenvalue weighted by Gasteiger charge is 2.47. The zero-order valence-electron chi connectivity index (χ0n) is 11.1. The van der Waals surface area contributed by atoms with Crippen LogP contribution in [0.5, 0.6) is 0 Å². The van der Waals surface area contributed by atoms with E-state index in [0.717, 1.165) is 25.7 Å². The number of allylic oxidation sites excluding steroid dienone is 2. The number of hydrogen-bond acceptors (Lipinski definition) is 3. The lowest BCUT2D eigenvalue weighted by Gasteiger charge is -2.30. The number of imide groups is 1. The maximum Gasteiger partial charge on any atom is 0.233 e. The van der Waals surface area contributed by atoms with Gasteiger partial charge >= 0.3 is 0 Å². The Bertz CT molecular complexity index is 392. The fraction of sp³-hybridized carbons (Fsp3) is 0.733. The number of nitrogens with zero attached hydrogens (tertiary/aromatic N) is 1. The first-order chi connectivity index (χ1) is 9.18. The average Bonchev–Trinajstić information content (AvgIpc) is 2.67. The van der Waals surface area contributed by atoms with Crippen LogP contribution in [0.4, 0.5) is 0 Å². The molecular weight excluding hydrogens is 242 g/mol. The van der Waals surface area contributed by atoms with Crippen LogP contribution in [-0.2, 0) is 9.59 Å². The van der Waals surface area contributed by atoms with Gasteiger partial charge in [-0.25, -0.2) is 0 Å². The van der Waals surface area contributed by atoms with E-state index in [-0.39, 0.29) is 35.7 Å². The predicted octanol–water partition coefficient (Wildman–Crippen LogP) is 1.49. The van der Waals surface area contributed by atoms with Crippen molar-refractivity contribution in [1.82, 2.24) is 4.90 Å². The normalized spacial score (nSPS) is 38.7. The van der Waals surface area contributed by atoms with Gasteiger partial charge in [0.05, 0.1) is 17.9 Å². The van der Waals surface area contributed by atoms with Gasteiger partial charge in [-0.1, -0.05) is 25.0 Å². The number of fused-ring (bicyclic) bond motifs is 1. The number of aliphatic hydroxyl groups is 1. The third-order valence-corrected chi connectivity index (χ3v) is 4.88. The van der Waals surface area contributed by atoms with Crippen molar-refractivity contribution < 1.29 is 14.7 Å². The van der Waals surface area contributed by atoms with Gasteiger partial charge in [-0.05, 0) is 25.7 Å². The zero-order chi connectivity index (χ0) is 13.4. The van der Waals surface area contributed by atoms with E-state index in [0.29, 0.717) is 19.4 Å². The van der Waals surface area contributed by atoms with Crippen molar-refractivity contribution in [3.05, 3.63) is 12.2 Å². The molecule has 2 aliphatic carbocycles. The number of aliphatic hydroxyl groups excluding tert-OH is 1. The second-order valence-electron chi connectivity index (χ2n) is 6.05. The summed E-state index contributed by atoms with van der Waals surface area (Å²) in [5.41, 5.74) is 0. The fourth-order valence-electron chi connectivity index (χ4n) is 3.68. The van der Waals surface area contributed by atoms with E-state index in [1.165, 1.54) is 4.90 Å². The minimum Gasteiger partial charge on any atom is -0.393 e. The van der Waals surface area contributed by atoms with E-state index in [1.807, 2.05) is 12.2 Å². The third-order valence-electron chi connectivity index (χ3n) is 4.88. The van der Waals surface area contributed by atoms with Crippen molar-refractivity contribution in [2.24, 2.45) is 17.8 Å². The van der Waals surface area contributed by atoms with E-state index in [2.05, 4.69) is 0 Å². The van der Waals surface area contributed by atoms with Crippen molar-refractivity contribution in [2.75, 3.05) is 6.54 Å². The molecule has 1 N–H and O–H groups in total. The molecular formula is C15H21NO3. The molecule has 0 radical (unpaired) electrons. The summed E-state index contributed by atoms with van der Waals surface area (Å²) >= 11 is 0. The first-order valence-electron chi connectivity index (χ1n) is 7.36. The molecule has 1 aliphatic heterocycles. The molecule has 104 valence electrons. The van der Waals surface area contributed by atoms with Crippen LogP contribution >= 0.6 is 0 Å². The van der Waals surface area contributed by atoms with Gasteiger partial charge in [0, 0.05) is 12.5 Å². The molecule has 0 aromatic heterocycles. The van der Waals surface area contributed by atoms with Crippen molar-refractivity contribution in [3.63, 3.8) is 0 Å². The van der Waals surface area contributed by atoms with Gasteiger partial charge in [0.1, 0.15) is 0 Å². The Labute approximate surface area is 113 Å². The van der Waals surface area contributed by atoms with E-state index < -0.39 is 0 Å². The highest BCUT2D eigenvalue weighted by Crippen LogP contribution is 2.36. The number of carbonyl (C=O) groups excluding carboxylic acids is 2. The largest absolute Gasteiger partial charge is 0.393 e. The average molecular weight is 263 g/mol. The summed E-state index contributed by atoms with van der Waals surface area (Å²) in [6, 6.07) is 0. The van der Waals surface area contributed by atoms with Crippen LogP contribution in [0.2, 0.25) is 0 Å². The topological polar surface area (TPSA) is 57.6 Å². The van der Waals surface area contributed by atoms with Crippen LogP contribution in [0, 0.1) is 17.8 Å². The molecule has 0 spiro atoms. The van der Waals surface area contributed by atoms with Crippen molar-refractivity contribution in [2.45, 2.75) is 44.6 Å². The molecule has 0 aromatic carbocycles. The summed E-state index contributed by atoms with van der Waals surface area (Å²) in [5.74, 6) is -0.236. The van der Waals surface area contributed by atoms with Crippen LogP contribution < -0.4 is 0 Å². The Hall–Kier alpha value is -1.16. The number of hydrogen-bond donors (Lipinski definition) is 1. The first-order valence-corrected chi connectivity index (χ1v) is 7.36. The number of likely N-dealkylation sites (tertiary alicyclic amines) is 1.